The molecule has 0 amide bonds. The van der Waals surface area contributed by atoms with Gasteiger partial charge in [-0.2, -0.15) is 0 Å². The number of ether oxygens (including phenoxy) is 1. The van der Waals surface area contributed by atoms with Gasteiger partial charge in [0.2, 0.25) is 0 Å². The molecule has 0 saturated heterocycles. The van der Waals surface area contributed by atoms with Crippen LogP contribution in [0.5, 0.6) is 5.75 Å². The lowest BCUT2D eigenvalue weighted by Crippen LogP contribution is -2.38. The van der Waals surface area contributed by atoms with Crippen LogP contribution in [0.2, 0.25) is 0 Å². The molecule has 106 valence electrons. The van der Waals surface area contributed by atoms with Gasteiger partial charge in [-0.25, -0.2) is 0 Å². The van der Waals surface area contributed by atoms with Crippen LogP contribution in [-0.2, 0) is 6.54 Å². The molecular formula is C16H25NO2. The molecule has 3 heteroatoms. The molecule has 0 radical (unpaired) electrons. The Morgan fingerprint density at radius 2 is 1.84 bits per heavy atom. The highest BCUT2D eigenvalue weighted by Crippen LogP contribution is 2.35. The summed E-state index contributed by atoms with van der Waals surface area (Å²) in [6.07, 6.45) is 6.13. The largest absolute Gasteiger partial charge is 0.497 e. The lowest BCUT2D eigenvalue weighted by Gasteiger charge is -2.35. The van der Waals surface area contributed by atoms with Crippen molar-refractivity contribution in [3.8, 4) is 5.75 Å². The molecule has 3 nitrogen and oxygen atoms in total. The highest BCUT2D eigenvalue weighted by Gasteiger charge is 2.30. The van der Waals surface area contributed by atoms with E-state index in [1.165, 1.54) is 24.8 Å². The third-order valence-electron chi connectivity index (χ3n) is 4.24. The number of hydrogen-bond acceptors (Lipinski definition) is 3. The van der Waals surface area contributed by atoms with Crippen LogP contribution < -0.4 is 10.1 Å². The van der Waals surface area contributed by atoms with E-state index in [1.54, 1.807) is 7.11 Å². The molecule has 1 aromatic carbocycles. The van der Waals surface area contributed by atoms with Gasteiger partial charge >= 0.3 is 0 Å². The van der Waals surface area contributed by atoms with E-state index in [9.17, 15) is 5.11 Å². The molecule has 1 fully saturated rings. The van der Waals surface area contributed by atoms with Crippen molar-refractivity contribution in [3.05, 3.63) is 29.8 Å². The molecule has 0 spiro atoms. The Labute approximate surface area is 116 Å². The van der Waals surface area contributed by atoms with Crippen LogP contribution in [-0.4, -0.2) is 25.4 Å². The van der Waals surface area contributed by atoms with E-state index in [-0.39, 0.29) is 5.41 Å². The average molecular weight is 263 g/mol. The van der Waals surface area contributed by atoms with Crippen molar-refractivity contribution in [2.24, 2.45) is 5.41 Å². The predicted molar refractivity (Wildman–Crippen MR) is 77.3 cm³/mol. The summed E-state index contributed by atoms with van der Waals surface area (Å²) in [4.78, 5) is 0. The van der Waals surface area contributed by atoms with Gasteiger partial charge in [-0.3, -0.25) is 0 Å². The van der Waals surface area contributed by atoms with Crippen molar-refractivity contribution < 1.29 is 9.84 Å². The van der Waals surface area contributed by atoms with Gasteiger partial charge in [0.15, 0.2) is 0 Å². The Bertz CT molecular complexity index is 369. The number of hydrogen-bond donors (Lipinski definition) is 2. The zero-order valence-corrected chi connectivity index (χ0v) is 11.8. The zero-order chi connectivity index (χ0) is 13.6. The molecule has 0 bridgehead atoms. The van der Waals surface area contributed by atoms with E-state index in [1.807, 2.05) is 12.1 Å². The summed E-state index contributed by atoms with van der Waals surface area (Å²) in [6.45, 7) is 2.07. The summed E-state index contributed by atoms with van der Waals surface area (Å²) < 4.78 is 5.15. The molecule has 1 aliphatic rings. The van der Waals surface area contributed by atoms with Gasteiger partial charge in [0.25, 0.3) is 0 Å². The fourth-order valence-electron chi connectivity index (χ4n) is 2.91. The molecule has 0 aromatic heterocycles. The van der Waals surface area contributed by atoms with E-state index in [2.05, 4.69) is 17.4 Å². The normalized spacial score (nSPS) is 18.2. The minimum absolute atomic E-state index is 0.116. The molecule has 1 aromatic rings. The zero-order valence-electron chi connectivity index (χ0n) is 11.8. The van der Waals surface area contributed by atoms with Crippen LogP contribution in [0, 0.1) is 5.41 Å². The first-order valence-corrected chi connectivity index (χ1v) is 7.22. The molecule has 0 atom stereocenters. The molecule has 2 rings (SSSR count). The van der Waals surface area contributed by atoms with Crippen LogP contribution in [0.4, 0.5) is 0 Å². The van der Waals surface area contributed by atoms with Crippen molar-refractivity contribution in [1.29, 1.82) is 0 Å². The van der Waals surface area contributed by atoms with Crippen molar-refractivity contribution in [3.63, 3.8) is 0 Å². The summed E-state index contributed by atoms with van der Waals surface area (Å²) in [5, 5.41) is 13.2. The standard InChI is InChI=1S/C16H25NO2/c1-19-15-7-5-14(6-8-15)11-17-12-16(13-18)9-3-2-4-10-16/h5-8,17-18H,2-4,9-13H2,1H3. The Hall–Kier alpha value is -1.06. The molecular weight excluding hydrogens is 238 g/mol. The molecule has 0 unspecified atom stereocenters. The molecule has 19 heavy (non-hydrogen) atoms. The topological polar surface area (TPSA) is 41.5 Å². The Kier molecular flexibility index (Phi) is 5.23. The number of nitrogens with one attached hydrogen (secondary N) is 1. The number of aliphatic hydroxyl groups is 1. The predicted octanol–water partition coefficient (Wildman–Crippen LogP) is 2.73. The van der Waals surface area contributed by atoms with E-state index < -0.39 is 0 Å². The van der Waals surface area contributed by atoms with E-state index >= 15 is 0 Å². The van der Waals surface area contributed by atoms with Crippen LogP contribution in [0.15, 0.2) is 24.3 Å². The Morgan fingerprint density at radius 3 is 2.42 bits per heavy atom. The van der Waals surface area contributed by atoms with Crippen molar-refractivity contribution in [2.45, 2.75) is 38.6 Å². The lowest BCUT2D eigenvalue weighted by atomic mass is 9.74. The Morgan fingerprint density at radius 1 is 1.16 bits per heavy atom. The van der Waals surface area contributed by atoms with Crippen LogP contribution in [0.25, 0.3) is 0 Å². The van der Waals surface area contributed by atoms with Gasteiger partial charge in [-0.15, -0.1) is 0 Å². The first-order valence-electron chi connectivity index (χ1n) is 7.22. The van der Waals surface area contributed by atoms with Gasteiger partial charge in [-0.1, -0.05) is 31.4 Å². The second-order valence-electron chi connectivity index (χ2n) is 5.67. The minimum Gasteiger partial charge on any atom is -0.497 e. The number of benzene rings is 1. The van der Waals surface area contributed by atoms with Crippen molar-refractivity contribution in [1.82, 2.24) is 5.32 Å². The summed E-state index contributed by atoms with van der Waals surface area (Å²) in [5.41, 5.74) is 1.37. The second-order valence-corrected chi connectivity index (χ2v) is 5.67. The van der Waals surface area contributed by atoms with Crippen LogP contribution in [0.1, 0.15) is 37.7 Å². The van der Waals surface area contributed by atoms with Gasteiger partial charge in [-0.05, 0) is 30.5 Å². The maximum absolute atomic E-state index is 9.65. The van der Waals surface area contributed by atoms with Gasteiger partial charge in [0.05, 0.1) is 7.11 Å². The quantitative estimate of drug-likeness (QED) is 0.829. The smallest absolute Gasteiger partial charge is 0.118 e. The second kappa shape index (κ2) is 6.92. The highest BCUT2D eigenvalue weighted by molar-refractivity contribution is 5.27. The number of methoxy groups -OCH3 is 1. The average Bonchev–Trinajstić information content (AvgIpc) is 2.49. The summed E-state index contributed by atoms with van der Waals surface area (Å²) in [7, 11) is 1.68. The molecule has 1 saturated carbocycles. The lowest BCUT2D eigenvalue weighted by molar-refractivity contribution is 0.0810. The Balaban J connectivity index is 1.81. The monoisotopic (exact) mass is 263 g/mol. The van der Waals surface area contributed by atoms with E-state index in [4.69, 9.17) is 4.74 Å². The summed E-state index contributed by atoms with van der Waals surface area (Å²) >= 11 is 0. The molecule has 0 heterocycles. The minimum atomic E-state index is 0.116. The summed E-state index contributed by atoms with van der Waals surface area (Å²) in [6, 6.07) is 8.13. The van der Waals surface area contributed by atoms with Crippen molar-refractivity contribution >= 4 is 0 Å². The first kappa shape index (κ1) is 14.4. The molecule has 0 aliphatic heterocycles. The number of aliphatic hydroxyl groups excluding tert-OH is 1. The van der Waals surface area contributed by atoms with Crippen molar-refractivity contribution in [2.75, 3.05) is 20.3 Å². The molecule has 1 aliphatic carbocycles. The highest BCUT2D eigenvalue weighted by atomic mass is 16.5. The van der Waals surface area contributed by atoms with Crippen LogP contribution in [0.3, 0.4) is 0 Å². The van der Waals surface area contributed by atoms with Gasteiger partial charge in [0.1, 0.15) is 5.75 Å². The van der Waals surface area contributed by atoms with E-state index in [0.29, 0.717) is 6.61 Å². The first-order chi connectivity index (χ1) is 9.28. The maximum atomic E-state index is 9.65. The number of rotatable bonds is 6. The third kappa shape index (κ3) is 3.95. The summed E-state index contributed by atoms with van der Waals surface area (Å²) in [5.74, 6) is 0.892. The van der Waals surface area contributed by atoms with Gasteiger partial charge in [0, 0.05) is 25.1 Å². The maximum Gasteiger partial charge on any atom is 0.118 e. The SMILES string of the molecule is COc1ccc(CNCC2(CO)CCCCC2)cc1. The third-order valence-corrected chi connectivity index (χ3v) is 4.24. The van der Waals surface area contributed by atoms with E-state index in [0.717, 1.165) is 31.7 Å². The fraction of sp³-hybridized carbons (Fsp3) is 0.625. The van der Waals surface area contributed by atoms with Gasteiger partial charge < -0.3 is 15.2 Å². The molecule has 2 N–H and O–H groups in total. The van der Waals surface area contributed by atoms with Crippen LogP contribution >= 0.6 is 0 Å². The fourth-order valence-corrected chi connectivity index (χ4v) is 2.91.